The zero-order valence-corrected chi connectivity index (χ0v) is 8.81. The van der Waals surface area contributed by atoms with Gasteiger partial charge in [-0.05, 0) is 6.42 Å². The molecule has 0 amide bonds. The van der Waals surface area contributed by atoms with Gasteiger partial charge in [0.2, 0.25) is 5.82 Å². The predicted octanol–water partition coefficient (Wildman–Crippen LogP) is 1.94. The van der Waals surface area contributed by atoms with Crippen molar-refractivity contribution in [2.24, 2.45) is 0 Å². The van der Waals surface area contributed by atoms with Crippen molar-refractivity contribution in [1.82, 2.24) is 9.97 Å². The van der Waals surface area contributed by atoms with Gasteiger partial charge in [0.25, 0.3) is 0 Å². The van der Waals surface area contributed by atoms with E-state index in [-0.39, 0.29) is 17.6 Å². The van der Waals surface area contributed by atoms with Gasteiger partial charge < -0.3 is 10.4 Å². The van der Waals surface area contributed by atoms with E-state index >= 15 is 0 Å². The van der Waals surface area contributed by atoms with Crippen molar-refractivity contribution in [3.8, 4) is 0 Å². The van der Waals surface area contributed by atoms with Crippen LogP contribution >= 0.6 is 11.6 Å². The second-order valence-electron chi connectivity index (χ2n) is 2.90. The third-order valence-corrected chi connectivity index (χ3v) is 1.78. The van der Waals surface area contributed by atoms with E-state index in [2.05, 4.69) is 15.3 Å². The van der Waals surface area contributed by atoms with Gasteiger partial charge in [0.05, 0.1) is 0 Å². The minimum Gasteiger partial charge on any atom is -0.396 e. The molecule has 4 nitrogen and oxygen atoms in total. The van der Waals surface area contributed by atoms with Gasteiger partial charge in [0, 0.05) is 19.2 Å². The molecular formula is C8H9ClF3N3O. The van der Waals surface area contributed by atoms with Crippen molar-refractivity contribution < 1.29 is 18.3 Å². The molecule has 0 spiro atoms. The van der Waals surface area contributed by atoms with E-state index in [0.29, 0.717) is 13.0 Å². The van der Waals surface area contributed by atoms with Crippen LogP contribution in [0.1, 0.15) is 12.2 Å². The molecule has 0 saturated carbocycles. The SMILES string of the molecule is OCCCNc1cc(Cl)nc(C(F)(F)F)n1. The summed E-state index contributed by atoms with van der Waals surface area (Å²) in [6.07, 6.45) is -4.22. The van der Waals surface area contributed by atoms with Crippen molar-refractivity contribution in [1.29, 1.82) is 0 Å². The summed E-state index contributed by atoms with van der Waals surface area (Å²) in [6, 6.07) is 1.19. The zero-order chi connectivity index (χ0) is 12.2. The summed E-state index contributed by atoms with van der Waals surface area (Å²) in [7, 11) is 0. The van der Waals surface area contributed by atoms with E-state index < -0.39 is 12.0 Å². The highest BCUT2D eigenvalue weighted by Crippen LogP contribution is 2.28. The summed E-state index contributed by atoms with van der Waals surface area (Å²) in [5, 5.41) is 10.8. The molecule has 90 valence electrons. The lowest BCUT2D eigenvalue weighted by Crippen LogP contribution is -2.14. The Hall–Kier alpha value is -1.08. The summed E-state index contributed by atoms with van der Waals surface area (Å²) >= 11 is 5.43. The Morgan fingerprint density at radius 2 is 2.06 bits per heavy atom. The Morgan fingerprint density at radius 3 is 2.62 bits per heavy atom. The number of nitrogens with zero attached hydrogens (tertiary/aromatic N) is 2. The van der Waals surface area contributed by atoms with E-state index in [4.69, 9.17) is 16.7 Å². The van der Waals surface area contributed by atoms with Crippen LogP contribution in [0.5, 0.6) is 0 Å². The summed E-state index contributed by atoms with van der Waals surface area (Å²) < 4.78 is 36.9. The summed E-state index contributed by atoms with van der Waals surface area (Å²) in [4.78, 5) is 6.34. The van der Waals surface area contributed by atoms with Crippen molar-refractivity contribution in [3.05, 3.63) is 17.0 Å². The molecule has 1 aromatic rings. The third-order valence-electron chi connectivity index (χ3n) is 1.59. The van der Waals surface area contributed by atoms with E-state index in [0.717, 1.165) is 0 Å². The summed E-state index contributed by atoms with van der Waals surface area (Å²) in [6.45, 7) is 0.249. The van der Waals surface area contributed by atoms with Gasteiger partial charge in [-0.25, -0.2) is 9.97 Å². The monoisotopic (exact) mass is 255 g/mol. The highest BCUT2D eigenvalue weighted by Gasteiger charge is 2.35. The average molecular weight is 256 g/mol. The Kier molecular flexibility index (Phi) is 4.31. The maximum Gasteiger partial charge on any atom is 0.451 e. The molecule has 0 saturated heterocycles. The van der Waals surface area contributed by atoms with Crippen LogP contribution in [0.25, 0.3) is 0 Å². The van der Waals surface area contributed by atoms with Gasteiger partial charge in [-0.2, -0.15) is 13.2 Å². The minimum absolute atomic E-state index is 0.0132. The van der Waals surface area contributed by atoms with E-state index in [1.54, 1.807) is 0 Å². The lowest BCUT2D eigenvalue weighted by atomic mass is 10.4. The van der Waals surface area contributed by atoms with Gasteiger partial charge in [0.1, 0.15) is 11.0 Å². The van der Waals surface area contributed by atoms with Gasteiger partial charge in [0.15, 0.2) is 0 Å². The van der Waals surface area contributed by atoms with Crippen LogP contribution in [0.2, 0.25) is 5.15 Å². The zero-order valence-electron chi connectivity index (χ0n) is 8.05. The van der Waals surface area contributed by atoms with Crippen LogP contribution in [-0.2, 0) is 6.18 Å². The van der Waals surface area contributed by atoms with Crippen LogP contribution in [0.15, 0.2) is 6.07 Å². The van der Waals surface area contributed by atoms with Gasteiger partial charge in [-0.15, -0.1) is 0 Å². The maximum atomic E-state index is 12.3. The molecule has 0 aliphatic carbocycles. The largest absolute Gasteiger partial charge is 0.451 e. The molecule has 16 heavy (non-hydrogen) atoms. The lowest BCUT2D eigenvalue weighted by molar-refractivity contribution is -0.144. The molecule has 0 fully saturated rings. The molecule has 0 radical (unpaired) electrons. The fourth-order valence-corrected chi connectivity index (χ4v) is 1.11. The third kappa shape index (κ3) is 3.82. The quantitative estimate of drug-likeness (QED) is 0.638. The van der Waals surface area contributed by atoms with E-state index in [1.807, 2.05) is 0 Å². The molecule has 8 heteroatoms. The number of aliphatic hydroxyl groups excluding tert-OH is 1. The van der Waals surface area contributed by atoms with Gasteiger partial charge in [-0.3, -0.25) is 0 Å². The lowest BCUT2D eigenvalue weighted by Gasteiger charge is -2.08. The van der Waals surface area contributed by atoms with Crippen molar-refractivity contribution in [2.45, 2.75) is 12.6 Å². The molecule has 1 heterocycles. The second kappa shape index (κ2) is 5.31. The highest BCUT2D eigenvalue weighted by molar-refractivity contribution is 6.29. The maximum absolute atomic E-state index is 12.3. The van der Waals surface area contributed by atoms with Gasteiger partial charge >= 0.3 is 6.18 Å². The number of halogens is 4. The first-order valence-corrected chi connectivity index (χ1v) is 4.78. The number of aromatic nitrogens is 2. The van der Waals surface area contributed by atoms with Gasteiger partial charge in [-0.1, -0.05) is 11.6 Å². The Morgan fingerprint density at radius 1 is 1.38 bits per heavy atom. The second-order valence-corrected chi connectivity index (χ2v) is 3.29. The number of alkyl halides is 3. The number of anilines is 1. The fourth-order valence-electron chi connectivity index (χ4n) is 0.930. The van der Waals surface area contributed by atoms with Crippen LogP contribution in [-0.4, -0.2) is 28.2 Å². The highest BCUT2D eigenvalue weighted by atomic mass is 35.5. The first-order chi connectivity index (χ1) is 7.43. The number of aliphatic hydroxyl groups is 1. The van der Waals surface area contributed by atoms with Crippen molar-refractivity contribution in [3.63, 3.8) is 0 Å². The Bertz CT molecular complexity index is 359. The van der Waals surface area contributed by atoms with E-state index in [9.17, 15) is 13.2 Å². The molecule has 0 aliphatic rings. The average Bonchev–Trinajstić information content (AvgIpc) is 2.16. The molecule has 1 aromatic heterocycles. The first kappa shape index (κ1) is 13.0. The smallest absolute Gasteiger partial charge is 0.396 e. The van der Waals surface area contributed by atoms with Crippen LogP contribution < -0.4 is 5.32 Å². The molecule has 0 atom stereocenters. The number of rotatable bonds is 4. The Balaban J connectivity index is 2.82. The molecule has 0 unspecified atom stereocenters. The minimum atomic E-state index is -4.63. The first-order valence-electron chi connectivity index (χ1n) is 4.40. The molecule has 2 N–H and O–H groups in total. The number of hydrogen-bond acceptors (Lipinski definition) is 4. The topological polar surface area (TPSA) is 58.0 Å². The fraction of sp³-hybridized carbons (Fsp3) is 0.500. The van der Waals surface area contributed by atoms with E-state index in [1.165, 1.54) is 6.07 Å². The molecule has 0 aliphatic heterocycles. The van der Waals surface area contributed by atoms with Crippen LogP contribution in [0.4, 0.5) is 19.0 Å². The van der Waals surface area contributed by atoms with Crippen molar-refractivity contribution >= 4 is 17.4 Å². The number of hydrogen-bond donors (Lipinski definition) is 2. The normalized spacial score (nSPS) is 11.6. The number of nitrogens with one attached hydrogen (secondary N) is 1. The predicted molar refractivity (Wildman–Crippen MR) is 52.2 cm³/mol. The van der Waals surface area contributed by atoms with Crippen LogP contribution in [0, 0.1) is 0 Å². The summed E-state index contributed by atoms with van der Waals surface area (Å²) in [5.74, 6) is -1.30. The molecule has 0 aromatic carbocycles. The standard InChI is InChI=1S/C8H9ClF3N3O/c9-5-4-6(13-2-1-3-16)15-7(14-5)8(10,11)12/h4,16H,1-3H2,(H,13,14,15). The van der Waals surface area contributed by atoms with Crippen LogP contribution in [0.3, 0.4) is 0 Å². The summed E-state index contributed by atoms with van der Waals surface area (Å²) in [5.41, 5.74) is 0. The Labute approximate surface area is 94.5 Å². The molecule has 0 bridgehead atoms. The van der Waals surface area contributed by atoms with Crippen molar-refractivity contribution in [2.75, 3.05) is 18.5 Å². The molecule has 1 rings (SSSR count). The molecular weight excluding hydrogens is 247 g/mol.